The van der Waals surface area contributed by atoms with Crippen LogP contribution in [0.4, 0.5) is 24.8 Å². The number of nitrogens with two attached hydrogens (primary N) is 1. The number of halogens is 3. The third-order valence-corrected chi connectivity index (χ3v) is 3.57. The van der Waals surface area contributed by atoms with Gasteiger partial charge in [0.05, 0.1) is 0 Å². The third kappa shape index (κ3) is 4.14. The van der Waals surface area contributed by atoms with Crippen LogP contribution < -0.4 is 16.2 Å². The van der Waals surface area contributed by atoms with Crippen molar-refractivity contribution < 1.29 is 13.2 Å². The summed E-state index contributed by atoms with van der Waals surface area (Å²) in [4.78, 5) is 8.64. The van der Waals surface area contributed by atoms with Gasteiger partial charge in [-0.1, -0.05) is 6.92 Å². The second kappa shape index (κ2) is 6.98. The van der Waals surface area contributed by atoms with Crippen LogP contribution in [0.5, 0.6) is 0 Å². The third-order valence-electron chi connectivity index (χ3n) is 2.85. The summed E-state index contributed by atoms with van der Waals surface area (Å²) in [5.74, 6) is 4.90. The van der Waals surface area contributed by atoms with Gasteiger partial charge in [0, 0.05) is 24.9 Å². The maximum absolute atomic E-state index is 12.8. The van der Waals surface area contributed by atoms with Gasteiger partial charge in [0.2, 0.25) is 5.82 Å². The highest BCUT2D eigenvalue weighted by Gasteiger charge is 2.36. The normalized spacial score (nSPS) is 13.2. The Hall–Kier alpha value is -1.22. The molecule has 0 aromatic carbocycles. The van der Waals surface area contributed by atoms with Crippen LogP contribution in [0.15, 0.2) is 6.07 Å². The van der Waals surface area contributed by atoms with Crippen molar-refractivity contribution in [3.05, 3.63) is 11.9 Å². The molecule has 1 rings (SSSR count). The first kappa shape index (κ1) is 16.8. The molecule has 3 N–H and O–H groups in total. The zero-order valence-corrected chi connectivity index (χ0v) is 12.3. The number of anilines is 2. The molecule has 0 fully saturated rings. The van der Waals surface area contributed by atoms with Crippen molar-refractivity contribution in [1.82, 2.24) is 9.97 Å². The first-order chi connectivity index (χ1) is 9.33. The van der Waals surface area contributed by atoms with Crippen LogP contribution in [0.25, 0.3) is 0 Å². The van der Waals surface area contributed by atoms with Crippen molar-refractivity contribution in [3.8, 4) is 0 Å². The highest BCUT2D eigenvalue weighted by Crippen LogP contribution is 2.29. The Balaban J connectivity index is 3.16. The molecule has 1 heterocycles. The number of nitrogens with one attached hydrogen (secondary N) is 1. The molecule has 1 aromatic rings. The van der Waals surface area contributed by atoms with Crippen molar-refractivity contribution in [2.75, 3.05) is 29.4 Å². The number of hydrogen-bond donors (Lipinski definition) is 2. The van der Waals surface area contributed by atoms with Crippen LogP contribution >= 0.6 is 11.8 Å². The molecule has 20 heavy (non-hydrogen) atoms. The summed E-state index contributed by atoms with van der Waals surface area (Å²) in [5, 5.41) is 0. The lowest BCUT2D eigenvalue weighted by atomic mass is 10.2. The first-order valence-corrected chi connectivity index (χ1v) is 7.37. The van der Waals surface area contributed by atoms with Gasteiger partial charge in [-0.2, -0.15) is 24.9 Å². The maximum Gasteiger partial charge on any atom is 0.451 e. The van der Waals surface area contributed by atoms with Crippen molar-refractivity contribution in [3.63, 3.8) is 0 Å². The van der Waals surface area contributed by atoms with Gasteiger partial charge in [0.1, 0.15) is 11.6 Å². The number of nitrogens with zero attached hydrogens (tertiary/aromatic N) is 3. The molecule has 0 spiro atoms. The maximum atomic E-state index is 12.8. The fourth-order valence-electron chi connectivity index (χ4n) is 1.70. The van der Waals surface area contributed by atoms with E-state index in [0.29, 0.717) is 0 Å². The molecule has 1 atom stereocenters. The van der Waals surface area contributed by atoms with Crippen molar-refractivity contribution in [2.24, 2.45) is 5.84 Å². The van der Waals surface area contributed by atoms with Crippen molar-refractivity contribution in [1.29, 1.82) is 0 Å². The summed E-state index contributed by atoms with van der Waals surface area (Å²) < 4.78 is 38.3. The Morgan fingerprint density at radius 2 is 2.10 bits per heavy atom. The summed E-state index contributed by atoms with van der Waals surface area (Å²) in [6.07, 6.45) is -1.86. The predicted octanol–water partition coefficient (Wildman–Crippen LogP) is 2.36. The number of thioether (sulfide) groups is 1. The van der Waals surface area contributed by atoms with Crippen LogP contribution in [0.2, 0.25) is 0 Å². The smallest absolute Gasteiger partial charge is 0.356 e. The molecular weight excluding hydrogens is 291 g/mol. The minimum atomic E-state index is -4.61. The van der Waals surface area contributed by atoms with Crippen LogP contribution in [0.3, 0.4) is 0 Å². The Kier molecular flexibility index (Phi) is 5.88. The van der Waals surface area contributed by atoms with Crippen molar-refractivity contribution >= 4 is 23.4 Å². The number of hydrazine groups is 1. The lowest BCUT2D eigenvalue weighted by Gasteiger charge is -2.28. The van der Waals surface area contributed by atoms with Crippen LogP contribution in [-0.2, 0) is 6.18 Å². The Morgan fingerprint density at radius 3 is 2.55 bits per heavy atom. The minimum absolute atomic E-state index is 0.0619. The lowest BCUT2D eigenvalue weighted by Crippen LogP contribution is -2.34. The molecule has 0 saturated carbocycles. The van der Waals surface area contributed by atoms with Gasteiger partial charge in [-0.15, -0.1) is 0 Å². The van der Waals surface area contributed by atoms with E-state index in [1.165, 1.54) is 6.07 Å². The molecule has 9 heteroatoms. The van der Waals surface area contributed by atoms with Gasteiger partial charge in [0.25, 0.3) is 0 Å². The SMILES string of the molecule is CCC(CSC)N(C)c1cc(NN)nc(C(F)(F)F)n1. The summed E-state index contributed by atoms with van der Waals surface area (Å²) in [7, 11) is 1.72. The van der Waals surface area contributed by atoms with Gasteiger partial charge in [-0.05, 0) is 12.7 Å². The fourth-order valence-corrected chi connectivity index (χ4v) is 2.54. The minimum Gasteiger partial charge on any atom is -0.356 e. The van der Waals surface area contributed by atoms with E-state index in [1.807, 2.05) is 13.2 Å². The van der Waals surface area contributed by atoms with Gasteiger partial charge < -0.3 is 10.3 Å². The van der Waals surface area contributed by atoms with E-state index in [-0.39, 0.29) is 17.7 Å². The number of rotatable bonds is 6. The number of aromatic nitrogens is 2. The average molecular weight is 309 g/mol. The van der Waals surface area contributed by atoms with E-state index in [9.17, 15) is 13.2 Å². The Morgan fingerprint density at radius 1 is 1.45 bits per heavy atom. The lowest BCUT2D eigenvalue weighted by molar-refractivity contribution is -0.144. The highest BCUT2D eigenvalue weighted by molar-refractivity contribution is 7.98. The quantitative estimate of drug-likeness (QED) is 0.621. The average Bonchev–Trinajstić information content (AvgIpc) is 2.42. The van der Waals surface area contributed by atoms with Gasteiger partial charge in [-0.25, -0.2) is 15.8 Å². The second-order valence-electron chi connectivity index (χ2n) is 4.21. The standard InChI is InChI=1S/C11H18F3N5S/c1-4-7(6-20-3)19(2)9-5-8(18-15)16-10(17-9)11(12,13)14/h5,7H,4,6,15H2,1-3H3,(H,16,17,18). The summed E-state index contributed by atoms with van der Waals surface area (Å²) in [5.41, 5.74) is 2.14. The van der Waals surface area contributed by atoms with Crippen LogP contribution in [-0.4, -0.2) is 35.1 Å². The Bertz CT molecular complexity index is 441. The molecule has 0 bridgehead atoms. The number of alkyl halides is 3. The van der Waals surface area contributed by atoms with Gasteiger partial charge in [-0.3, -0.25) is 0 Å². The van der Waals surface area contributed by atoms with E-state index in [4.69, 9.17) is 5.84 Å². The largest absolute Gasteiger partial charge is 0.451 e. The van der Waals surface area contributed by atoms with E-state index < -0.39 is 12.0 Å². The van der Waals surface area contributed by atoms with Crippen LogP contribution in [0, 0.1) is 0 Å². The summed E-state index contributed by atoms with van der Waals surface area (Å²) in [6, 6.07) is 1.49. The topological polar surface area (TPSA) is 67.1 Å². The molecule has 5 nitrogen and oxygen atoms in total. The predicted molar refractivity (Wildman–Crippen MR) is 75.7 cm³/mol. The van der Waals surface area contributed by atoms with Gasteiger partial charge in [0.15, 0.2) is 0 Å². The zero-order chi connectivity index (χ0) is 15.3. The number of hydrogen-bond acceptors (Lipinski definition) is 6. The van der Waals surface area contributed by atoms with Crippen LogP contribution in [0.1, 0.15) is 19.2 Å². The summed E-state index contributed by atoms with van der Waals surface area (Å²) >= 11 is 1.63. The second-order valence-corrected chi connectivity index (χ2v) is 5.12. The van der Waals surface area contributed by atoms with Crippen molar-refractivity contribution in [2.45, 2.75) is 25.6 Å². The number of nitrogen functional groups attached to an aromatic ring is 1. The Labute approximate surface area is 120 Å². The molecule has 0 saturated heterocycles. The van der Waals surface area contributed by atoms with E-state index in [1.54, 1.807) is 23.7 Å². The molecule has 0 radical (unpaired) electrons. The molecular formula is C11H18F3N5S. The molecule has 0 aliphatic heterocycles. The van der Waals surface area contributed by atoms with E-state index in [2.05, 4.69) is 15.4 Å². The van der Waals surface area contributed by atoms with Gasteiger partial charge >= 0.3 is 6.18 Å². The zero-order valence-electron chi connectivity index (χ0n) is 11.5. The summed E-state index contributed by atoms with van der Waals surface area (Å²) in [6.45, 7) is 1.98. The molecule has 1 aromatic heterocycles. The molecule has 0 amide bonds. The van der Waals surface area contributed by atoms with E-state index >= 15 is 0 Å². The first-order valence-electron chi connectivity index (χ1n) is 5.98. The molecule has 1 unspecified atom stereocenters. The fraction of sp³-hybridized carbons (Fsp3) is 0.636. The molecule has 0 aliphatic carbocycles. The molecule has 0 aliphatic rings. The van der Waals surface area contributed by atoms with E-state index in [0.717, 1.165) is 12.2 Å². The molecule has 114 valence electrons. The monoisotopic (exact) mass is 309 g/mol. The highest BCUT2D eigenvalue weighted by atomic mass is 32.2.